The van der Waals surface area contributed by atoms with Crippen LogP contribution in [0.1, 0.15) is 64.7 Å². The molecule has 1 saturated heterocycles. The van der Waals surface area contributed by atoms with Gasteiger partial charge in [-0.25, -0.2) is 0 Å². The van der Waals surface area contributed by atoms with Gasteiger partial charge in [-0.2, -0.15) is 0 Å². The molecule has 5 rings (SSSR count). The monoisotopic (exact) mass is 356 g/mol. The predicted molar refractivity (Wildman–Crippen MR) is 102 cm³/mol. The number of fused-ring (bicyclic) bond motifs is 4. The zero-order valence-corrected chi connectivity index (χ0v) is 16.1. The van der Waals surface area contributed by atoms with Gasteiger partial charge in [-0.1, -0.05) is 24.6 Å². The van der Waals surface area contributed by atoms with E-state index in [9.17, 15) is 5.11 Å². The molecule has 1 N–H and O–H groups in total. The number of aliphatic hydroxyl groups is 1. The molecule has 4 aliphatic carbocycles. The Hall–Kier alpha value is -0.900. The van der Waals surface area contributed by atoms with E-state index in [0.717, 1.165) is 58.2 Å². The Morgan fingerprint density at radius 2 is 2.04 bits per heavy atom. The van der Waals surface area contributed by atoms with Crippen LogP contribution in [0.15, 0.2) is 35.5 Å². The Morgan fingerprint density at radius 1 is 1.23 bits per heavy atom. The van der Waals surface area contributed by atoms with Crippen molar-refractivity contribution in [2.75, 3.05) is 13.2 Å². The molecule has 2 fully saturated rings. The third-order valence-corrected chi connectivity index (χ3v) is 8.45. The highest BCUT2D eigenvalue weighted by molar-refractivity contribution is 5.45. The second-order valence-electron chi connectivity index (χ2n) is 9.46. The molecule has 1 heterocycles. The van der Waals surface area contributed by atoms with Crippen LogP contribution in [-0.4, -0.2) is 29.7 Å². The molecule has 3 nitrogen and oxygen atoms in total. The average Bonchev–Trinajstić information content (AvgIpc) is 3.18. The van der Waals surface area contributed by atoms with Gasteiger partial charge in [-0.15, -0.1) is 6.58 Å². The summed E-state index contributed by atoms with van der Waals surface area (Å²) in [4.78, 5) is 0. The molecular weight excluding hydrogens is 324 g/mol. The zero-order valence-electron chi connectivity index (χ0n) is 16.1. The second-order valence-corrected chi connectivity index (χ2v) is 9.46. The highest BCUT2D eigenvalue weighted by atomic mass is 16.7. The van der Waals surface area contributed by atoms with Crippen molar-refractivity contribution >= 4 is 0 Å². The molecule has 4 atom stereocenters. The lowest BCUT2D eigenvalue weighted by molar-refractivity contribution is -0.164. The van der Waals surface area contributed by atoms with Gasteiger partial charge in [0.05, 0.1) is 18.8 Å². The summed E-state index contributed by atoms with van der Waals surface area (Å²) in [5.41, 5.74) is 4.25. The van der Waals surface area contributed by atoms with Gasteiger partial charge in [0, 0.05) is 18.3 Å². The molecule has 5 aliphatic rings. The molecule has 0 aromatic heterocycles. The van der Waals surface area contributed by atoms with Crippen molar-refractivity contribution in [3.05, 3.63) is 35.5 Å². The summed E-state index contributed by atoms with van der Waals surface area (Å²) in [5, 5.41) is 11.4. The maximum Gasteiger partial charge on any atom is 0.172 e. The smallest absolute Gasteiger partial charge is 0.172 e. The largest absolute Gasteiger partial charge is 0.389 e. The van der Waals surface area contributed by atoms with Crippen molar-refractivity contribution in [2.45, 2.75) is 76.1 Å². The lowest BCUT2D eigenvalue weighted by atomic mass is 9.56. The average molecular weight is 357 g/mol. The molecule has 0 amide bonds. The van der Waals surface area contributed by atoms with E-state index < -0.39 is 5.60 Å². The van der Waals surface area contributed by atoms with E-state index in [-0.39, 0.29) is 11.2 Å². The highest BCUT2D eigenvalue weighted by Crippen LogP contribution is 2.63. The summed E-state index contributed by atoms with van der Waals surface area (Å²) in [6.07, 6.45) is 13.7. The van der Waals surface area contributed by atoms with Gasteiger partial charge in [0.15, 0.2) is 5.79 Å². The quantitative estimate of drug-likeness (QED) is 0.731. The lowest BCUT2D eigenvalue weighted by Gasteiger charge is -2.51. The Bertz CT molecular complexity index is 684. The van der Waals surface area contributed by atoms with Crippen LogP contribution in [0.2, 0.25) is 0 Å². The maximum atomic E-state index is 11.4. The fourth-order valence-electron chi connectivity index (χ4n) is 6.97. The van der Waals surface area contributed by atoms with Crippen molar-refractivity contribution in [2.24, 2.45) is 17.3 Å². The summed E-state index contributed by atoms with van der Waals surface area (Å²) >= 11 is 0. The Morgan fingerprint density at radius 3 is 2.81 bits per heavy atom. The minimum atomic E-state index is -0.571. The van der Waals surface area contributed by atoms with Crippen molar-refractivity contribution < 1.29 is 14.6 Å². The summed E-state index contributed by atoms with van der Waals surface area (Å²) in [6.45, 7) is 7.73. The van der Waals surface area contributed by atoms with Crippen LogP contribution in [0.4, 0.5) is 0 Å². The Balaban J connectivity index is 1.47. The summed E-state index contributed by atoms with van der Waals surface area (Å²) in [7, 11) is 0. The van der Waals surface area contributed by atoms with E-state index in [2.05, 4.69) is 19.6 Å². The van der Waals surface area contributed by atoms with Crippen LogP contribution in [0, 0.1) is 17.3 Å². The molecule has 0 bridgehead atoms. The van der Waals surface area contributed by atoms with Gasteiger partial charge < -0.3 is 14.6 Å². The summed E-state index contributed by atoms with van der Waals surface area (Å²) in [5.74, 6) is 0.926. The molecule has 0 aromatic rings. The molecular formula is C23H32O3. The Labute approximate surface area is 157 Å². The van der Waals surface area contributed by atoms with Gasteiger partial charge in [0.1, 0.15) is 0 Å². The standard InChI is InChI=1S/C23H32O3/c1-3-9-22(24)11-8-20-19-5-4-16-15-23(25-13-14-26-23)12-7-17(16)18(19)6-10-21(20,22)2/h3,6,19-20,24H,1,4-5,7-15H2,2H3/t19-,20+,21+,22+/m1/s1. The third-order valence-electron chi connectivity index (χ3n) is 8.45. The van der Waals surface area contributed by atoms with Gasteiger partial charge in [-0.05, 0) is 67.9 Å². The number of allylic oxidation sites excluding steroid dienone is 3. The van der Waals surface area contributed by atoms with Crippen LogP contribution < -0.4 is 0 Å². The molecule has 0 radical (unpaired) electrons. The van der Waals surface area contributed by atoms with E-state index in [1.54, 1.807) is 16.7 Å². The van der Waals surface area contributed by atoms with Crippen molar-refractivity contribution in [3.8, 4) is 0 Å². The van der Waals surface area contributed by atoms with E-state index in [1.165, 1.54) is 12.8 Å². The Kier molecular flexibility index (Phi) is 3.84. The van der Waals surface area contributed by atoms with Crippen molar-refractivity contribution in [1.29, 1.82) is 0 Å². The molecule has 3 heteroatoms. The van der Waals surface area contributed by atoms with Gasteiger partial charge in [0.2, 0.25) is 0 Å². The number of ether oxygens (including phenoxy) is 2. The summed E-state index contributed by atoms with van der Waals surface area (Å²) in [6, 6.07) is 0. The fraction of sp³-hybridized carbons (Fsp3) is 0.739. The number of hydrogen-bond acceptors (Lipinski definition) is 3. The van der Waals surface area contributed by atoms with E-state index >= 15 is 0 Å². The van der Waals surface area contributed by atoms with E-state index in [4.69, 9.17) is 9.47 Å². The molecule has 1 aliphatic heterocycles. The molecule has 0 unspecified atom stereocenters. The first kappa shape index (κ1) is 17.2. The molecule has 0 aromatic carbocycles. The first-order valence-electron chi connectivity index (χ1n) is 10.5. The normalized spacial score (nSPS) is 43.7. The lowest BCUT2D eigenvalue weighted by Crippen LogP contribution is -2.48. The minimum absolute atomic E-state index is 0.000976. The van der Waals surface area contributed by atoms with E-state index in [1.807, 2.05) is 6.08 Å². The number of rotatable bonds is 2. The van der Waals surface area contributed by atoms with Crippen molar-refractivity contribution in [3.63, 3.8) is 0 Å². The van der Waals surface area contributed by atoms with Crippen LogP contribution in [0.25, 0.3) is 0 Å². The summed E-state index contributed by atoms with van der Waals surface area (Å²) < 4.78 is 12.0. The van der Waals surface area contributed by atoms with Gasteiger partial charge in [0.25, 0.3) is 0 Å². The van der Waals surface area contributed by atoms with Crippen LogP contribution in [0.3, 0.4) is 0 Å². The SMILES string of the molecule is C=CC[C@]1(O)CC[C@H]2[C@@H]3CCC4=C(CCC5(C4)OCCO5)C3=CC[C@@]21C. The van der Waals surface area contributed by atoms with E-state index in [0.29, 0.717) is 11.8 Å². The van der Waals surface area contributed by atoms with Gasteiger partial charge in [-0.3, -0.25) is 0 Å². The second kappa shape index (κ2) is 5.80. The molecule has 142 valence electrons. The van der Waals surface area contributed by atoms with Crippen molar-refractivity contribution in [1.82, 2.24) is 0 Å². The predicted octanol–water partition coefficient (Wildman–Crippen LogP) is 4.67. The number of hydrogen-bond donors (Lipinski definition) is 1. The maximum absolute atomic E-state index is 11.4. The fourth-order valence-corrected chi connectivity index (χ4v) is 6.97. The topological polar surface area (TPSA) is 38.7 Å². The van der Waals surface area contributed by atoms with Crippen LogP contribution in [0.5, 0.6) is 0 Å². The molecule has 1 saturated carbocycles. The zero-order chi connectivity index (χ0) is 18.0. The van der Waals surface area contributed by atoms with Gasteiger partial charge >= 0.3 is 0 Å². The molecule has 26 heavy (non-hydrogen) atoms. The highest BCUT2D eigenvalue weighted by Gasteiger charge is 2.59. The first-order chi connectivity index (χ1) is 12.5. The first-order valence-corrected chi connectivity index (χ1v) is 10.5. The third kappa shape index (κ3) is 2.23. The van der Waals surface area contributed by atoms with Crippen LogP contribution >= 0.6 is 0 Å². The minimum Gasteiger partial charge on any atom is -0.389 e. The van der Waals surface area contributed by atoms with Crippen LogP contribution in [-0.2, 0) is 9.47 Å². The molecule has 1 spiro atoms.